The maximum atomic E-state index is 7.13. The zero-order valence-electron chi connectivity index (χ0n) is 27.1. The average Bonchev–Trinajstić information content (AvgIpc) is 3.77. The minimum atomic E-state index is 0.824. The molecule has 2 aromatic heterocycles. The molecular weight excluding hydrogens is 609 g/mol. The summed E-state index contributed by atoms with van der Waals surface area (Å²) < 4.78 is 14.2. The second kappa shape index (κ2) is 11.5. The molecule has 0 aliphatic heterocycles. The number of rotatable bonds is 5. The Labute approximate surface area is 289 Å². The van der Waals surface area contributed by atoms with Gasteiger partial charge in [0.2, 0.25) is 0 Å². The number of hydrogen-bond acceptors (Lipinski definition) is 2. The largest absolute Gasteiger partial charge is 0.455 e. The molecule has 2 nitrogen and oxygen atoms in total. The fourth-order valence-corrected chi connectivity index (χ4v) is 7.46. The van der Waals surface area contributed by atoms with Gasteiger partial charge < -0.3 is 8.83 Å². The lowest BCUT2D eigenvalue weighted by Gasteiger charge is -2.08. The van der Waals surface area contributed by atoms with Crippen molar-refractivity contribution >= 4 is 43.9 Å². The van der Waals surface area contributed by atoms with E-state index >= 15 is 0 Å². The smallest absolute Gasteiger partial charge is 0.147 e. The molecular formula is C48H30O2. The van der Waals surface area contributed by atoms with E-state index in [0.717, 1.165) is 93.9 Å². The molecule has 2 heteroatoms. The molecule has 0 radical (unpaired) electrons. The topological polar surface area (TPSA) is 26.3 Å². The number of furan rings is 2. The van der Waals surface area contributed by atoms with E-state index in [1.807, 2.05) is 0 Å². The van der Waals surface area contributed by atoms with Gasteiger partial charge in [0, 0.05) is 32.8 Å². The summed E-state index contributed by atoms with van der Waals surface area (Å²) in [5, 5.41) is 4.17. The van der Waals surface area contributed by atoms with Crippen molar-refractivity contribution in [1.82, 2.24) is 0 Å². The van der Waals surface area contributed by atoms with E-state index in [-0.39, 0.29) is 0 Å². The van der Waals surface area contributed by atoms with Gasteiger partial charge >= 0.3 is 0 Å². The fraction of sp³-hybridized carbons (Fsp3) is 0. The van der Waals surface area contributed by atoms with Crippen LogP contribution in [0.5, 0.6) is 0 Å². The molecule has 10 aromatic rings. The molecule has 234 valence electrons. The van der Waals surface area contributed by atoms with Crippen molar-refractivity contribution in [3.63, 3.8) is 0 Å². The molecule has 0 fully saturated rings. The Morgan fingerprint density at radius 2 is 0.580 bits per heavy atom. The van der Waals surface area contributed by atoms with Crippen LogP contribution >= 0.6 is 0 Å². The molecule has 0 aliphatic rings. The van der Waals surface area contributed by atoms with Gasteiger partial charge in [0.1, 0.15) is 22.3 Å². The summed E-state index contributed by atoms with van der Waals surface area (Å²) in [7, 11) is 0. The minimum absolute atomic E-state index is 0.824. The van der Waals surface area contributed by atoms with E-state index in [1.54, 1.807) is 0 Å². The van der Waals surface area contributed by atoms with Gasteiger partial charge in [-0.05, 0) is 69.3 Å². The highest BCUT2D eigenvalue weighted by Gasteiger charge is 2.25. The zero-order valence-corrected chi connectivity index (χ0v) is 27.1. The standard InChI is InChI=1S/C48H30O2/c1-6-16-31(17-7-1)36-26-38(33-20-10-3-11-21-33)45-41(28-36)42-30-40(35-24-14-5-15-25-35)47-44(48(42)49-45)43-29-37(32-18-8-2-9-19-32)27-39(46(43)50-47)34-22-12-4-13-23-34/h1-30H. The predicted octanol–water partition coefficient (Wildman–Crippen LogP) is 13.8. The van der Waals surface area contributed by atoms with Gasteiger partial charge in [0.15, 0.2) is 0 Å². The first-order valence-corrected chi connectivity index (χ1v) is 17.0. The number of hydrogen-bond donors (Lipinski definition) is 0. The van der Waals surface area contributed by atoms with Crippen LogP contribution in [-0.2, 0) is 0 Å². The third kappa shape index (κ3) is 4.57. The fourth-order valence-electron chi connectivity index (χ4n) is 7.46. The van der Waals surface area contributed by atoms with Crippen LogP contribution in [-0.4, -0.2) is 0 Å². The Kier molecular flexibility index (Phi) is 6.53. The SMILES string of the molecule is c1ccc(-c2cc(-c3ccccc3)c3oc4c(cc(-c5ccccc5)c5oc6c(-c7ccccc7)cc(-c7ccccc7)cc6c54)c3c2)cc1. The van der Waals surface area contributed by atoms with Crippen LogP contribution in [0, 0.1) is 0 Å². The van der Waals surface area contributed by atoms with Crippen molar-refractivity contribution in [2.45, 2.75) is 0 Å². The third-order valence-corrected chi connectivity index (χ3v) is 9.85. The summed E-state index contributed by atoms with van der Waals surface area (Å²) in [5.41, 5.74) is 14.5. The van der Waals surface area contributed by atoms with Gasteiger partial charge in [-0.15, -0.1) is 0 Å². The quantitative estimate of drug-likeness (QED) is 0.187. The molecule has 0 atom stereocenters. The van der Waals surface area contributed by atoms with Crippen LogP contribution in [0.3, 0.4) is 0 Å². The van der Waals surface area contributed by atoms with Crippen molar-refractivity contribution in [1.29, 1.82) is 0 Å². The van der Waals surface area contributed by atoms with Gasteiger partial charge in [-0.1, -0.05) is 152 Å². The first-order valence-electron chi connectivity index (χ1n) is 17.0. The summed E-state index contributed by atoms with van der Waals surface area (Å²) >= 11 is 0. The second-order valence-corrected chi connectivity index (χ2v) is 12.8. The van der Waals surface area contributed by atoms with Crippen LogP contribution in [0.1, 0.15) is 0 Å². The summed E-state index contributed by atoms with van der Waals surface area (Å²) in [6.07, 6.45) is 0. The molecule has 10 rings (SSSR count). The van der Waals surface area contributed by atoms with E-state index in [9.17, 15) is 0 Å². The van der Waals surface area contributed by atoms with E-state index in [4.69, 9.17) is 8.83 Å². The first kappa shape index (κ1) is 28.4. The summed E-state index contributed by atoms with van der Waals surface area (Å²) in [5.74, 6) is 0. The lowest BCUT2D eigenvalue weighted by Crippen LogP contribution is -1.84. The molecule has 0 spiro atoms. The lowest BCUT2D eigenvalue weighted by molar-refractivity contribution is 0.664. The Morgan fingerprint density at radius 3 is 1.04 bits per heavy atom. The highest BCUT2D eigenvalue weighted by atomic mass is 16.3. The Hall–Kier alpha value is -6.64. The lowest BCUT2D eigenvalue weighted by atomic mass is 9.93. The Morgan fingerprint density at radius 1 is 0.240 bits per heavy atom. The summed E-state index contributed by atoms with van der Waals surface area (Å²) in [6.45, 7) is 0. The van der Waals surface area contributed by atoms with Crippen molar-refractivity contribution in [2.75, 3.05) is 0 Å². The van der Waals surface area contributed by atoms with Crippen LogP contribution in [0.25, 0.3) is 99.5 Å². The van der Waals surface area contributed by atoms with Gasteiger partial charge in [0.25, 0.3) is 0 Å². The van der Waals surface area contributed by atoms with Crippen molar-refractivity contribution < 1.29 is 8.83 Å². The zero-order chi connectivity index (χ0) is 33.0. The Balaban J connectivity index is 1.40. The van der Waals surface area contributed by atoms with Crippen molar-refractivity contribution in [3.8, 4) is 55.6 Å². The maximum absolute atomic E-state index is 7.13. The monoisotopic (exact) mass is 638 g/mol. The molecule has 2 heterocycles. The number of benzene rings is 8. The van der Waals surface area contributed by atoms with Gasteiger partial charge in [0.05, 0.1) is 5.39 Å². The molecule has 0 saturated carbocycles. The molecule has 0 amide bonds. The summed E-state index contributed by atoms with van der Waals surface area (Å²) in [6, 6.07) is 64.2. The second-order valence-electron chi connectivity index (χ2n) is 12.8. The van der Waals surface area contributed by atoms with E-state index in [0.29, 0.717) is 0 Å². The molecule has 0 saturated heterocycles. The summed E-state index contributed by atoms with van der Waals surface area (Å²) in [4.78, 5) is 0. The van der Waals surface area contributed by atoms with Crippen LogP contribution in [0.4, 0.5) is 0 Å². The van der Waals surface area contributed by atoms with Gasteiger partial charge in [-0.25, -0.2) is 0 Å². The minimum Gasteiger partial charge on any atom is -0.455 e. The normalized spacial score (nSPS) is 11.6. The van der Waals surface area contributed by atoms with Crippen molar-refractivity contribution in [3.05, 3.63) is 182 Å². The number of fused-ring (bicyclic) bond motifs is 7. The van der Waals surface area contributed by atoms with Crippen LogP contribution < -0.4 is 0 Å². The van der Waals surface area contributed by atoms with Gasteiger partial charge in [-0.3, -0.25) is 0 Å². The third-order valence-electron chi connectivity index (χ3n) is 9.85. The molecule has 0 N–H and O–H groups in total. The van der Waals surface area contributed by atoms with E-state index in [2.05, 4.69) is 182 Å². The predicted molar refractivity (Wildman–Crippen MR) is 208 cm³/mol. The highest BCUT2D eigenvalue weighted by Crippen LogP contribution is 2.49. The highest BCUT2D eigenvalue weighted by molar-refractivity contribution is 6.28. The van der Waals surface area contributed by atoms with E-state index < -0.39 is 0 Å². The average molecular weight is 639 g/mol. The van der Waals surface area contributed by atoms with Gasteiger partial charge in [-0.2, -0.15) is 0 Å². The molecule has 0 aliphatic carbocycles. The van der Waals surface area contributed by atoms with Crippen LogP contribution in [0.2, 0.25) is 0 Å². The molecule has 8 aromatic carbocycles. The maximum Gasteiger partial charge on any atom is 0.147 e. The molecule has 0 unspecified atom stereocenters. The van der Waals surface area contributed by atoms with Crippen LogP contribution in [0.15, 0.2) is 191 Å². The molecule has 0 bridgehead atoms. The van der Waals surface area contributed by atoms with Crippen molar-refractivity contribution in [2.24, 2.45) is 0 Å². The van der Waals surface area contributed by atoms with E-state index in [1.165, 1.54) is 5.56 Å². The first-order chi connectivity index (χ1) is 24.8. The Bertz CT molecular complexity index is 2810. The molecule has 50 heavy (non-hydrogen) atoms.